The lowest BCUT2D eigenvalue weighted by Crippen LogP contribution is -1.63. The molecule has 4 heteroatoms. The van der Waals surface area contributed by atoms with E-state index in [-0.39, 0.29) is 0 Å². The molecule has 0 atom stereocenters. The van der Waals surface area contributed by atoms with Crippen LogP contribution in [0.25, 0.3) is 0 Å². The smallest absolute Gasteiger partial charge is 0.153 e. The number of hydrogen-bond acceptors (Lipinski definition) is 4. The van der Waals surface area contributed by atoms with Gasteiger partial charge in [0.05, 0.1) is 11.4 Å². The van der Waals surface area contributed by atoms with Crippen LogP contribution in [-0.4, -0.2) is 0 Å². The molecule has 0 heterocycles. The van der Waals surface area contributed by atoms with E-state index in [0.29, 0.717) is 0 Å². The molecule has 2 radical (unpaired) electrons. The molecular weight excluding hydrogens is 212 g/mol. The van der Waals surface area contributed by atoms with Crippen molar-refractivity contribution in [3.05, 3.63) is 67.3 Å². The summed E-state index contributed by atoms with van der Waals surface area (Å²) < 4.78 is 0. The van der Waals surface area contributed by atoms with Crippen molar-refractivity contribution >= 4 is 11.4 Å². The number of hydrogen-bond donors (Lipinski definition) is 0. The van der Waals surface area contributed by atoms with Crippen molar-refractivity contribution in [1.29, 1.82) is 0 Å². The molecule has 0 amide bonds. The topological polar surface area (TPSA) is 49.4 Å². The van der Waals surface area contributed by atoms with Crippen LogP contribution in [0.2, 0.25) is 0 Å². The van der Waals surface area contributed by atoms with E-state index in [4.69, 9.17) is 0 Å². The summed E-state index contributed by atoms with van der Waals surface area (Å²) in [5.41, 5.74) is 1.52. The minimum atomic E-state index is 0.759. The summed E-state index contributed by atoms with van der Waals surface area (Å²) in [5, 5.41) is 15.1. The Morgan fingerprint density at radius 2 is 1.00 bits per heavy atom. The van der Waals surface area contributed by atoms with E-state index in [0.717, 1.165) is 11.4 Å². The lowest BCUT2D eigenvalue weighted by atomic mass is 10.3. The SMILES string of the molecule is [C](N=Nc1ccccc1)N=Nc1ccccc1. The van der Waals surface area contributed by atoms with E-state index in [1.807, 2.05) is 60.7 Å². The van der Waals surface area contributed by atoms with E-state index in [1.165, 1.54) is 0 Å². The van der Waals surface area contributed by atoms with Crippen LogP contribution < -0.4 is 0 Å². The van der Waals surface area contributed by atoms with Gasteiger partial charge in [-0.1, -0.05) is 36.4 Å². The van der Waals surface area contributed by atoms with Crippen LogP contribution in [-0.2, 0) is 0 Å². The number of nitrogens with zero attached hydrogens (tertiary/aromatic N) is 4. The third-order valence-electron chi connectivity index (χ3n) is 1.93. The second kappa shape index (κ2) is 6.27. The Bertz CT molecular complexity index is 444. The van der Waals surface area contributed by atoms with Crippen LogP contribution in [0.15, 0.2) is 81.1 Å². The molecule has 0 aliphatic rings. The molecule has 82 valence electrons. The third kappa shape index (κ3) is 3.95. The summed E-state index contributed by atoms with van der Waals surface area (Å²) >= 11 is 0. The molecule has 0 aliphatic carbocycles. The molecule has 2 aromatic rings. The van der Waals surface area contributed by atoms with E-state index in [1.54, 1.807) is 0 Å². The zero-order valence-electron chi connectivity index (χ0n) is 9.06. The van der Waals surface area contributed by atoms with Gasteiger partial charge in [0, 0.05) is 0 Å². The second-order valence-corrected chi connectivity index (χ2v) is 3.17. The molecule has 2 aromatic carbocycles. The molecule has 0 bridgehead atoms. The van der Waals surface area contributed by atoms with Crippen molar-refractivity contribution in [3.8, 4) is 0 Å². The summed E-state index contributed by atoms with van der Waals surface area (Å²) in [6, 6.07) is 18.8. The molecule has 0 spiro atoms. The van der Waals surface area contributed by atoms with Gasteiger partial charge >= 0.3 is 0 Å². The van der Waals surface area contributed by atoms with Crippen LogP contribution in [0.5, 0.6) is 0 Å². The fourth-order valence-electron chi connectivity index (χ4n) is 1.17. The first-order valence-electron chi connectivity index (χ1n) is 5.12. The fraction of sp³-hybridized carbons (Fsp3) is 0. The Kier molecular flexibility index (Phi) is 4.11. The molecule has 0 N–H and O–H groups in total. The maximum atomic E-state index is 3.90. The Balaban J connectivity index is 1.84. The summed E-state index contributed by atoms with van der Waals surface area (Å²) in [6.45, 7) is 2.40. The first-order chi connectivity index (χ1) is 8.45. The predicted octanol–water partition coefficient (Wildman–Crippen LogP) is 4.55. The van der Waals surface area contributed by atoms with Gasteiger partial charge in [0.15, 0.2) is 0 Å². The van der Waals surface area contributed by atoms with Gasteiger partial charge in [0.2, 0.25) is 0 Å². The van der Waals surface area contributed by atoms with Crippen LogP contribution in [0, 0.1) is 6.67 Å². The molecule has 0 saturated carbocycles. The van der Waals surface area contributed by atoms with E-state index < -0.39 is 0 Å². The van der Waals surface area contributed by atoms with Crippen molar-refractivity contribution in [2.45, 2.75) is 0 Å². The van der Waals surface area contributed by atoms with E-state index in [9.17, 15) is 0 Å². The zero-order chi connectivity index (χ0) is 11.8. The summed E-state index contributed by atoms with van der Waals surface area (Å²) in [7, 11) is 0. The first-order valence-corrected chi connectivity index (χ1v) is 5.12. The van der Waals surface area contributed by atoms with Crippen molar-refractivity contribution in [1.82, 2.24) is 0 Å². The lowest BCUT2D eigenvalue weighted by molar-refractivity contribution is 1.02. The van der Waals surface area contributed by atoms with Gasteiger partial charge in [-0.05, 0) is 24.3 Å². The monoisotopic (exact) mass is 222 g/mol. The Morgan fingerprint density at radius 1 is 0.588 bits per heavy atom. The largest absolute Gasteiger partial charge is 0.297 e. The van der Waals surface area contributed by atoms with Crippen LogP contribution in [0.4, 0.5) is 11.4 Å². The molecule has 0 fully saturated rings. The van der Waals surface area contributed by atoms with Gasteiger partial charge in [0.25, 0.3) is 6.67 Å². The number of azo groups is 2. The summed E-state index contributed by atoms with van der Waals surface area (Å²) in [6.07, 6.45) is 0. The number of benzene rings is 2. The molecule has 17 heavy (non-hydrogen) atoms. The third-order valence-corrected chi connectivity index (χ3v) is 1.93. The summed E-state index contributed by atoms with van der Waals surface area (Å²) in [5.74, 6) is 0. The predicted molar refractivity (Wildman–Crippen MR) is 65.2 cm³/mol. The molecule has 0 aliphatic heterocycles. The average Bonchev–Trinajstić information content (AvgIpc) is 2.41. The van der Waals surface area contributed by atoms with E-state index in [2.05, 4.69) is 27.1 Å². The van der Waals surface area contributed by atoms with Crippen LogP contribution in [0.1, 0.15) is 0 Å². The van der Waals surface area contributed by atoms with Gasteiger partial charge in [-0.2, -0.15) is 10.2 Å². The summed E-state index contributed by atoms with van der Waals surface area (Å²) in [4.78, 5) is 0. The van der Waals surface area contributed by atoms with Gasteiger partial charge in [-0.3, -0.25) is 0 Å². The van der Waals surface area contributed by atoms with Crippen molar-refractivity contribution in [3.63, 3.8) is 0 Å². The minimum Gasteiger partial charge on any atom is -0.153 e. The maximum absolute atomic E-state index is 3.90. The van der Waals surface area contributed by atoms with Gasteiger partial charge in [-0.15, -0.1) is 10.2 Å². The molecule has 4 nitrogen and oxygen atoms in total. The molecule has 2 rings (SSSR count). The lowest BCUT2D eigenvalue weighted by Gasteiger charge is -1.88. The van der Waals surface area contributed by atoms with Gasteiger partial charge in [-0.25, -0.2) is 0 Å². The highest BCUT2D eigenvalue weighted by molar-refractivity contribution is 5.35. The molecule has 0 unspecified atom stereocenters. The van der Waals surface area contributed by atoms with Crippen molar-refractivity contribution in [2.24, 2.45) is 20.5 Å². The maximum Gasteiger partial charge on any atom is 0.297 e. The van der Waals surface area contributed by atoms with Gasteiger partial charge in [0.1, 0.15) is 0 Å². The first kappa shape index (κ1) is 11.1. The molecular formula is C13H10N4. The standard InChI is InChI=1S/C13H10N4/c1-3-7-12(8-4-1)16-14-11-15-17-13-9-5-2-6-10-13/h1-10H. The average molecular weight is 222 g/mol. The van der Waals surface area contributed by atoms with Crippen LogP contribution >= 0.6 is 0 Å². The Morgan fingerprint density at radius 3 is 1.41 bits per heavy atom. The molecule has 0 aromatic heterocycles. The quantitative estimate of drug-likeness (QED) is 0.681. The normalized spacial score (nSPS) is 11.3. The van der Waals surface area contributed by atoms with Crippen molar-refractivity contribution in [2.75, 3.05) is 0 Å². The second-order valence-electron chi connectivity index (χ2n) is 3.17. The van der Waals surface area contributed by atoms with Gasteiger partial charge < -0.3 is 0 Å². The Labute approximate surface area is 99.7 Å². The highest BCUT2D eigenvalue weighted by Crippen LogP contribution is 2.12. The van der Waals surface area contributed by atoms with E-state index >= 15 is 0 Å². The number of rotatable bonds is 4. The minimum absolute atomic E-state index is 0.759. The zero-order valence-corrected chi connectivity index (χ0v) is 9.06. The highest BCUT2D eigenvalue weighted by atomic mass is 15.2. The Hall–Kier alpha value is -2.36. The fourth-order valence-corrected chi connectivity index (χ4v) is 1.17. The van der Waals surface area contributed by atoms with Crippen LogP contribution in [0.3, 0.4) is 0 Å². The molecule has 0 saturated heterocycles. The highest BCUT2D eigenvalue weighted by Gasteiger charge is 1.86. The van der Waals surface area contributed by atoms with Crippen molar-refractivity contribution < 1.29 is 0 Å².